The van der Waals surface area contributed by atoms with Crippen molar-refractivity contribution in [1.82, 2.24) is 14.8 Å². The largest absolute Gasteiger partial charge is 0.327 e. The summed E-state index contributed by atoms with van der Waals surface area (Å²) < 4.78 is 1.91. The van der Waals surface area contributed by atoms with Crippen molar-refractivity contribution in [3.05, 3.63) is 47.5 Å². The zero-order chi connectivity index (χ0) is 13.7. The highest BCUT2D eigenvalue weighted by atomic mass is 15.3. The highest BCUT2D eigenvalue weighted by molar-refractivity contribution is 5.22. The lowest BCUT2D eigenvalue weighted by molar-refractivity contribution is 0.547. The molecule has 0 radical (unpaired) electrons. The fraction of sp³-hybridized carbons (Fsp3) is 0.467. The summed E-state index contributed by atoms with van der Waals surface area (Å²) in [6.07, 6.45) is 4.38. The third-order valence-electron chi connectivity index (χ3n) is 3.33. The molecule has 1 aromatic carbocycles. The fourth-order valence-corrected chi connectivity index (χ4v) is 2.27. The van der Waals surface area contributed by atoms with Gasteiger partial charge in [-0.2, -0.15) is 5.10 Å². The van der Waals surface area contributed by atoms with Gasteiger partial charge < -0.3 is 5.73 Å². The first-order chi connectivity index (χ1) is 9.19. The minimum Gasteiger partial charge on any atom is -0.327 e. The van der Waals surface area contributed by atoms with Gasteiger partial charge in [0, 0.05) is 19.0 Å². The van der Waals surface area contributed by atoms with Gasteiger partial charge in [-0.3, -0.25) is 4.68 Å². The van der Waals surface area contributed by atoms with Gasteiger partial charge in [-0.15, -0.1) is 0 Å². The second kappa shape index (κ2) is 6.48. The summed E-state index contributed by atoms with van der Waals surface area (Å²) in [5.41, 5.74) is 8.85. The minimum absolute atomic E-state index is 0.134. The number of nitrogens with zero attached hydrogens (tertiary/aromatic N) is 3. The molecule has 0 aliphatic rings. The molecule has 0 saturated carbocycles. The van der Waals surface area contributed by atoms with Crippen LogP contribution in [0.25, 0.3) is 0 Å². The van der Waals surface area contributed by atoms with Crippen molar-refractivity contribution < 1.29 is 0 Å². The molecule has 4 heteroatoms. The van der Waals surface area contributed by atoms with Crippen LogP contribution < -0.4 is 5.73 Å². The van der Waals surface area contributed by atoms with Gasteiger partial charge in [0.05, 0.1) is 0 Å². The standard InChI is InChI=1S/C15H22N4/c1-3-19-15(17-11-18-19)10-14(16)8-7-13-6-4-5-12(2)9-13/h4-6,9,11,14H,3,7-8,10,16H2,1-2H3. The van der Waals surface area contributed by atoms with E-state index in [2.05, 4.69) is 48.2 Å². The van der Waals surface area contributed by atoms with E-state index in [-0.39, 0.29) is 6.04 Å². The van der Waals surface area contributed by atoms with Gasteiger partial charge in [0.1, 0.15) is 12.2 Å². The van der Waals surface area contributed by atoms with Gasteiger partial charge in [0.15, 0.2) is 0 Å². The zero-order valence-electron chi connectivity index (χ0n) is 11.7. The van der Waals surface area contributed by atoms with Crippen molar-refractivity contribution in [3.63, 3.8) is 0 Å². The average molecular weight is 258 g/mol. The van der Waals surface area contributed by atoms with E-state index in [0.717, 1.165) is 31.6 Å². The molecular weight excluding hydrogens is 236 g/mol. The molecule has 0 saturated heterocycles. The lowest BCUT2D eigenvalue weighted by Crippen LogP contribution is -2.25. The van der Waals surface area contributed by atoms with Crippen LogP contribution in [-0.4, -0.2) is 20.8 Å². The Bertz CT molecular complexity index is 518. The molecule has 1 heterocycles. The summed E-state index contributed by atoms with van der Waals surface area (Å²) in [5, 5.41) is 4.17. The quantitative estimate of drug-likeness (QED) is 0.863. The van der Waals surface area contributed by atoms with E-state index >= 15 is 0 Å². The lowest BCUT2D eigenvalue weighted by Gasteiger charge is -2.11. The molecule has 1 aromatic heterocycles. The molecule has 2 aromatic rings. The maximum Gasteiger partial charge on any atom is 0.138 e. The predicted molar refractivity (Wildman–Crippen MR) is 76.9 cm³/mol. The van der Waals surface area contributed by atoms with E-state index in [0.29, 0.717) is 0 Å². The first-order valence-electron chi connectivity index (χ1n) is 6.87. The molecule has 2 rings (SSSR count). The van der Waals surface area contributed by atoms with E-state index in [1.807, 2.05) is 4.68 Å². The summed E-state index contributed by atoms with van der Waals surface area (Å²) in [4.78, 5) is 4.27. The van der Waals surface area contributed by atoms with Crippen LogP contribution in [0, 0.1) is 6.92 Å². The number of hydrogen-bond acceptors (Lipinski definition) is 3. The molecule has 102 valence electrons. The second-order valence-electron chi connectivity index (χ2n) is 4.98. The van der Waals surface area contributed by atoms with Crippen LogP contribution in [0.5, 0.6) is 0 Å². The Kier molecular flexibility index (Phi) is 4.68. The number of aryl methyl sites for hydroxylation is 3. The van der Waals surface area contributed by atoms with Gasteiger partial charge in [0.25, 0.3) is 0 Å². The predicted octanol–water partition coefficient (Wildman–Crippen LogP) is 2.11. The Hall–Kier alpha value is -1.68. The molecule has 0 amide bonds. The van der Waals surface area contributed by atoms with Crippen molar-refractivity contribution in [2.24, 2.45) is 5.73 Å². The van der Waals surface area contributed by atoms with Crippen molar-refractivity contribution in [2.45, 2.75) is 45.7 Å². The molecule has 0 bridgehead atoms. The average Bonchev–Trinajstić information content (AvgIpc) is 2.84. The Labute approximate surface area is 114 Å². The number of nitrogens with two attached hydrogens (primary N) is 1. The Balaban J connectivity index is 1.86. The molecule has 0 aliphatic heterocycles. The second-order valence-corrected chi connectivity index (χ2v) is 4.98. The van der Waals surface area contributed by atoms with Crippen LogP contribution in [0.4, 0.5) is 0 Å². The normalized spacial score (nSPS) is 12.6. The van der Waals surface area contributed by atoms with Crippen molar-refractivity contribution in [1.29, 1.82) is 0 Å². The number of rotatable bonds is 6. The summed E-state index contributed by atoms with van der Waals surface area (Å²) >= 11 is 0. The first kappa shape index (κ1) is 13.7. The van der Waals surface area contributed by atoms with Gasteiger partial charge in [-0.25, -0.2) is 4.98 Å². The maximum absolute atomic E-state index is 6.19. The molecule has 0 aliphatic carbocycles. The van der Waals surface area contributed by atoms with E-state index in [4.69, 9.17) is 5.73 Å². The molecule has 2 N–H and O–H groups in total. The highest BCUT2D eigenvalue weighted by Crippen LogP contribution is 2.09. The van der Waals surface area contributed by atoms with E-state index in [1.165, 1.54) is 11.1 Å². The summed E-state index contributed by atoms with van der Waals surface area (Å²) in [7, 11) is 0. The molecule has 19 heavy (non-hydrogen) atoms. The van der Waals surface area contributed by atoms with Crippen molar-refractivity contribution in [2.75, 3.05) is 0 Å². The number of hydrogen-bond donors (Lipinski definition) is 1. The molecular formula is C15H22N4. The van der Waals surface area contributed by atoms with Gasteiger partial charge in [-0.05, 0) is 32.3 Å². The van der Waals surface area contributed by atoms with Crippen LogP contribution in [-0.2, 0) is 19.4 Å². The summed E-state index contributed by atoms with van der Waals surface area (Å²) in [6, 6.07) is 8.74. The fourth-order valence-electron chi connectivity index (χ4n) is 2.27. The van der Waals surface area contributed by atoms with Crippen LogP contribution in [0.15, 0.2) is 30.6 Å². The summed E-state index contributed by atoms with van der Waals surface area (Å²) in [5.74, 6) is 0.985. The van der Waals surface area contributed by atoms with Gasteiger partial charge in [0.2, 0.25) is 0 Å². The summed E-state index contributed by atoms with van der Waals surface area (Å²) in [6.45, 7) is 5.03. The third kappa shape index (κ3) is 3.89. The monoisotopic (exact) mass is 258 g/mol. The Morgan fingerprint density at radius 3 is 2.95 bits per heavy atom. The zero-order valence-corrected chi connectivity index (χ0v) is 11.7. The molecule has 4 nitrogen and oxygen atoms in total. The topological polar surface area (TPSA) is 56.7 Å². The van der Waals surface area contributed by atoms with Crippen molar-refractivity contribution >= 4 is 0 Å². The van der Waals surface area contributed by atoms with Gasteiger partial charge >= 0.3 is 0 Å². The molecule has 1 atom stereocenters. The number of benzene rings is 1. The minimum atomic E-state index is 0.134. The van der Waals surface area contributed by atoms with Crippen LogP contribution in [0.3, 0.4) is 0 Å². The molecule has 0 spiro atoms. The SMILES string of the molecule is CCn1ncnc1CC(N)CCc1cccc(C)c1. The first-order valence-corrected chi connectivity index (χ1v) is 6.87. The molecule has 1 unspecified atom stereocenters. The van der Waals surface area contributed by atoms with Crippen LogP contribution in [0.2, 0.25) is 0 Å². The van der Waals surface area contributed by atoms with Gasteiger partial charge in [-0.1, -0.05) is 29.8 Å². The molecule has 0 fully saturated rings. The Morgan fingerprint density at radius 1 is 1.37 bits per heavy atom. The third-order valence-corrected chi connectivity index (χ3v) is 3.33. The highest BCUT2D eigenvalue weighted by Gasteiger charge is 2.09. The van der Waals surface area contributed by atoms with Crippen LogP contribution in [0.1, 0.15) is 30.3 Å². The van der Waals surface area contributed by atoms with E-state index < -0.39 is 0 Å². The maximum atomic E-state index is 6.19. The smallest absolute Gasteiger partial charge is 0.138 e. The number of aromatic nitrogens is 3. The van der Waals surface area contributed by atoms with E-state index in [1.54, 1.807) is 6.33 Å². The van der Waals surface area contributed by atoms with Crippen molar-refractivity contribution in [3.8, 4) is 0 Å². The van der Waals surface area contributed by atoms with E-state index in [9.17, 15) is 0 Å². The Morgan fingerprint density at radius 2 is 2.21 bits per heavy atom. The van der Waals surface area contributed by atoms with Crippen LogP contribution >= 0.6 is 0 Å². The lowest BCUT2D eigenvalue weighted by atomic mass is 10.0.